The number of piperidine rings is 1. The summed E-state index contributed by atoms with van der Waals surface area (Å²) in [6.45, 7) is 38.1. The number of hydrogen-bond acceptors (Lipinski definition) is 11. The van der Waals surface area contributed by atoms with E-state index in [0.29, 0.717) is 78.6 Å². The molecule has 0 aliphatic carbocycles. The molecule has 17 heteroatoms. The number of cyclic esters (lactones) is 2. The van der Waals surface area contributed by atoms with Crippen molar-refractivity contribution >= 4 is 70.0 Å². The number of carbonyl (C=O) groups is 5. The molecule has 8 heterocycles. The molecule has 8 N–H and O–H groups in total. The van der Waals surface area contributed by atoms with Gasteiger partial charge >= 0.3 is 12.1 Å². The van der Waals surface area contributed by atoms with E-state index in [4.69, 9.17) is 39.6 Å². The topological polar surface area (TPSA) is 214 Å². The monoisotopic (exact) mass is 1100 g/mol. The summed E-state index contributed by atoms with van der Waals surface area (Å²) >= 11 is 9.90. The third kappa shape index (κ3) is 29.6. The normalized spacial score (nSPS) is 24.6. The lowest BCUT2D eigenvalue weighted by atomic mass is 9.88. The first kappa shape index (κ1) is 69.9. The molecule has 0 bridgehead atoms. The van der Waals surface area contributed by atoms with E-state index < -0.39 is 0 Å². The molecule has 15 nitrogen and oxygen atoms in total. The van der Waals surface area contributed by atoms with Crippen LogP contribution >= 0.6 is 24.4 Å². The molecule has 6 unspecified atom stereocenters. The van der Waals surface area contributed by atoms with Crippen LogP contribution in [0, 0.1) is 71.0 Å². The molecule has 5 saturated heterocycles. The van der Waals surface area contributed by atoms with E-state index in [1.165, 1.54) is 11.4 Å². The van der Waals surface area contributed by atoms with Gasteiger partial charge < -0.3 is 47.1 Å². The molecular weight excluding hydrogens is 997 g/mol. The third-order valence-corrected chi connectivity index (χ3v) is 15.3. The zero-order chi connectivity index (χ0) is 57.7. The number of thiocarbonyl (C=S) groups is 2. The van der Waals surface area contributed by atoms with Gasteiger partial charge in [0.05, 0.1) is 34.9 Å². The number of ether oxygens (including phenoxy) is 2. The Balaban J connectivity index is 0.000000435. The summed E-state index contributed by atoms with van der Waals surface area (Å²) in [7, 11) is 0. The second kappa shape index (κ2) is 37.7. The smallest absolute Gasteiger partial charge is 0.407 e. The van der Waals surface area contributed by atoms with E-state index in [9.17, 15) is 24.0 Å². The van der Waals surface area contributed by atoms with Gasteiger partial charge in [0.15, 0.2) is 0 Å². The minimum absolute atomic E-state index is 0.00116. The summed E-state index contributed by atoms with van der Waals surface area (Å²) in [4.78, 5) is 60.2. The number of rotatable bonds is 8. The predicted octanol–water partition coefficient (Wildman–Crippen LogP) is 10.7. The predicted molar refractivity (Wildman–Crippen MR) is 319 cm³/mol. The summed E-state index contributed by atoms with van der Waals surface area (Å²) in [6, 6.07) is 0.884. The first-order valence-electron chi connectivity index (χ1n) is 28.8. The molecule has 0 aromatic heterocycles. The maximum absolute atomic E-state index is 11.1. The van der Waals surface area contributed by atoms with Crippen LogP contribution in [0.15, 0.2) is 28.5 Å². The Morgan fingerprint density at radius 2 is 1.05 bits per heavy atom. The van der Waals surface area contributed by atoms with Crippen LogP contribution in [0.25, 0.3) is 0 Å². The van der Waals surface area contributed by atoms with Crippen LogP contribution in [0.4, 0.5) is 4.79 Å². The van der Waals surface area contributed by atoms with Crippen molar-refractivity contribution in [3.05, 3.63) is 23.5 Å². The minimum atomic E-state index is -0.270. The number of amides is 4. The van der Waals surface area contributed by atoms with E-state index in [1.807, 2.05) is 0 Å². The van der Waals surface area contributed by atoms with E-state index >= 15 is 0 Å². The van der Waals surface area contributed by atoms with Crippen molar-refractivity contribution < 1.29 is 33.4 Å². The number of nitrogens with two attached hydrogens (primary N) is 1. The molecule has 0 aromatic carbocycles. The number of nitrogens with zero attached hydrogens (tertiary/aromatic N) is 1. The number of nitrogens with one attached hydrogen (secondary N) is 6. The van der Waals surface area contributed by atoms with E-state index in [0.717, 1.165) is 118 Å². The van der Waals surface area contributed by atoms with E-state index in [2.05, 4.69) is 160 Å². The molecule has 8 aliphatic heterocycles. The second-order valence-corrected chi connectivity index (χ2v) is 24.8. The summed E-state index contributed by atoms with van der Waals surface area (Å²) in [5, 5.41) is 17.7. The van der Waals surface area contributed by atoms with Gasteiger partial charge in [0, 0.05) is 81.1 Å². The van der Waals surface area contributed by atoms with Gasteiger partial charge in [-0.05, 0) is 104 Å². The fourth-order valence-corrected chi connectivity index (χ4v) is 9.43. The Bertz CT molecular complexity index is 1790. The Labute approximate surface area is 471 Å². The van der Waals surface area contributed by atoms with Crippen LogP contribution in [-0.2, 0) is 28.7 Å². The zero-order valence-electron chi connectivity index (χ0n) is 50.0. The number of amidine groups is 1. The van der Waals surface area contributed by atoms with Crippen LogP contribution in [-0.4, -0.2) is 90.5 Å². The lowest BCUT2D eigenvalue weighted by Crippen LogP contribution is -2.38. The van der Waals surface area contributed by atoms with Crippen LogP contribution in [0.2, 0.25) is 0 Å². The first-order valence-corrected chi connectivity index (χ1v) is 29.7. The molecule has 76 heavy (non-hydrogen) atoms. The molecule has 4 amide bonds. The highest BCUT2D eigenvalue weighted by Gasteiger charge is 2.28. The third-order valence-electron chi connectivity index (χ3n) is 14.8. The number of alkyl carbamates (subject to hydrolysis) is 1. The number of allylic oxidation sites excluding steroid dienone is 2. The van der Waals surface area contributed by atoms with E-state index in [-0.39, 0.29) is 41.6 Å². The molecule has 5 fully saturated rings. The molecule has 8 rings (SSSR count). The van der Waals surface area contributed by atoms with Crippen molar-refractivity contribution in [2.24, 2.45) is 81.7 Å². The molecule has 0 aromatic rings. The maximum atomic E-state index is 11.1. The molecule has 6 atom stereocenters. The van der Waals surface area contributed by atoms with Crippen molar-refractivity contribution in [2.75, 3.05) is 32.8 Å². The number of hydrogen-bond donors (Lipinski definition) is 7. The zero-order valence-corrected chi connectivity index (χ0v) is 51.6. The van der Waals surface area contributed by atoms with Crippen LogP contribution in [0.1, 0.15) is 188 Å². The van der Waals surface area contributed by atoms with Gasteiger partial charge in [-0.1, -0.05) is 147 Å². The molecule has 0 spiro atoms. The Kier molecular flexibility index (Phi) is 34.6. The highest BCUT2D eigenvalue weighted by atomic mass is 32.1. The highest BCUT2D eigenvalue weighted by Crippen LogP contribution is 2.24. The van der Waals surface area contributed by atoms with Crippen molar-refractivity contribution in [1.82, 2.24) is 31.9 Å². The second-order valence-electron chi connectivity index (χ2n) is 23.8. The quantitative estimate of drug-likeness (QED) is 0.0893. The fraction of sp³-hybridized carbons (Fsp3) is 0.797. The Hall–Kier alpha value is -4.12. The largest absolute Gasteiger partial charge is 0.465 e. The highest BCUT2D eigenvalue weighted by molar-refractivity contribution is 7.80. The van der Waals surface area contributed by atoms with Gasteiger partial charge in [-0.25, -0.2) is 4.79 Å². The molecule has 8 aliphatic rings. The summed E-state index contributed by atoms with van der Waals surface area (Å²) in [6.07, 6.45) is 15.7. The Morgan fingerprint density at radius 1 is 0.566 bits per heavy atom. The molecule has 0 radical (unpaired) electrons. The van der Waals surface area contributed by atoms with Crippen molar-refractivity contribution in [3.8, 4) is 0 Å². The summed E-state index contributed by atoms with van der Waals surface area (Å²) < 4.78 is 9.75. The fourth-order valence-electron chi connectivity index (χ4n) is 9.02. The lowest BCUT2D eigenvalue weighted by Gasteiger charge is -2.24. The minimum Gasteiger partial charge on any atom is -0.465 e. The van der Waals surface area contributed by atoms with Gasteiger partial charge in [-0.3, -0.25) is 24.2 Å². The average Bonchev–Trinajstić information content (AvgIpc) is 4.22. The van der Waals surface area contributed by atoms with Gasteiger partial charge in [0.1, 0.15) is 0 Å². The first-order chi connectivity index (χ1) is 35.6. The van der Waals surface area contributed by atoms with Crippen LogP contribution in [0.3, 0.4) is 0 Å². The molecule has 436 valence electrons. The van der Waals surface area contributed by atoms with Gasteiger partial charge in [0.2, 0.25) is 17.7 Å². The summed E-state index contributed by atoms with van der Waals surface area (Å²) in [5.41, 5.74) is 8.07. The average molecular weight is 1100 g/mol. The molecule has 0 saturated carbocycles. The van der Waals surface area contributed by atoms with Crippen molar-refractivity contribution in [3.63, 3.8) is 0 Å². The standard InChI is InChI=1S/C8H15NO2.C8H15NO.C8H14O2.C7H14N2.2C7H13NO.2C7H11NS/c1-6(2)7-3-4-11-8(10)9-5-7;1-6(2)7-4-3-5-9-8(7)10;1-6(2)7-4-3-5-10-8(7)9;1-5(2)6-3-7(8)9-4-6;4*1-5(2)6-3-4-7(9)8-6/h6-7H,3-5H2,1-2H3,(H,9,10);6-7H,3-5H2,1-2H3,(H,9,10);6-7H,3-5H2,1-2H3;5-6H,3-4H2,1-2H3,(H2,8,9);2*5-6H,3-4H2,1-2H3,(H,8,9);2*3,5H,4H2,1-2H3,(H,8,9). The molecular formula is C59H106N8O7S2. The van der Waals surface area contributed by atoms with Crippen molar-refractivity contribution in [1.29, 1.82) is 0 Å². The van der Waals surface area contributed by atoms with Crippen LogP contribution in [0.5, 0.6) is 0 Å². The lowest BCUT2D eigenvalue weighted by molar-refractivity contribution is -0.154. The SMILES string of the molecule is CC(C)C1=CCC(=S)N1.CC(C)C1=CCC(=S)N1.CC(C)C1CCC(=O)N1.CC(C)C1CCC(=O)N1.CC(C)C1CCCNC1=O.CC(C)C1CCCOC1=O.CC(C)C1CCOC(=O)NC1.CC(C)C1CN=C(N)C1. The van der Waals surface area contributed by atoms with Gasteiger partial charge in [-0.2, -0.15) is 0 Å². The van der Waals surface area contributed by atoms with Gasteiger partial charge in [0.25, 0.3) is 0 Å². The number of aliphatic imine (C=N–C) groups is 1. The van der Waals surface area contributed by atoms with E-state index in [1.54, 1.807) is 0 Å². The summed E-state index contributed by atoms with van der Waals surface area (Å²) in [5.74, 6) is 7.90. The number of carbonyl (C=O) groups excluding carboxylic acids is 5. The number of esters is 1. The van der Waals surface area contributed by atoms with Gasteiger partial charge in [-0.15, -0.1) is 0 Å². The maximum Gasteiger partial charge on any atom is 0.407 e. The van der Waals surface area contributed by atoms with Crippen molar-refractivity contribution in [2.45, 2.75) is 200 Å². The van der Waals surface area contributed by atoms with Crippen LogP contribution < -0.4 is 37.6 Å². The Morgan fingerprint density at radius 3 is 1.33 bits per heavy atom.